The second kappa shape index (κ2) is 7.41. The molecule has 0 bridgehead atoms. The second-order valence-corrected chi connectivity index (χ2v) is 9.31. The van der Waals surface area contributed by atoms with E-state index in [4.69, 9.17) is 11.6 Å². The maximum Gasteiger partial charge on any atom is 0.120 e. The number of hydrogen-bond acceptors (Lipinski definition) is 0. The molecule has 3 aliphatic rings. The van der Waals surface area contributed by atoms with Gasteiger partial charge in [0.15, 0.2) is 0 Å². The molecular formula is C20H34ClF. The number of halogens is 2. The minimum absolute atomic E-state index is 0.240. The third-order valence-electron chi connectivity index (χ3n) is 7.36. The first-order valence-electron chi connectivity index (χ1n) is 9.84. The maximum atomic E-state index is 14.6. The van der Waals surface area contributed by atoms with Crippen LogP contribution >= 0.6 is 11.6 Å². The largest absolute Gasteiger partial charge is 0.246 e. The van der Waals surface area contributed by atoms with Gasteiger partial charge in [0.25, 0.3) is 0 Å². The van der Waals surface area contributed by atoms with Crippen LogP contribution in [-0.4, -0.2) is 11.5 Å². The summed E-state index contributed by atoms with van der Waals surface area (Å²) in [4.78, 5) is 0. The van der Waals surface area contributed by atoms with Crippen LogP contribution in [0, 0.1) is 35.5 Å². The molecule has 22 heavy (non-hydrogen) atoms. The van der Waals surface area contributed by atoms with Gasteiger partial charge in [0, 0.05) is 0 Å². The zero-order valence-corrected chi connectivity index (χ0v) is 15.2. The molecule has 0 radical (unpaired) electrons. The minimum Gasteiger partial charge on any atom is -0.246 e. The minimum atomic E-state index is -0.762. The third kappa shape index (κ3) is 3.65. The van der Waals surface area contributed by atoms with Crippen LogP contribution in [0.25, 0.3) is 0 Å². The Hall–Kier alpha value is 0.220. The highest BCUT2D eigenvalue weighted by Crippen LogP contribution is 2.47. The summed E-state index contributed by atoms with van der Waals surface area (Å²) in [7, 11) is 0. The Morgan fingerprint density at radius 2 is 1.18 bits per heavy atom. The lowest BCUT2D eigenvalue weighted by molar-refractivity contribution is 0.0537. The van der Waals surface area contributed by atoms with Crippen LogP contribution in [-0.2, 0) is 0 Å². The summed E-state index contributed by atoms with van der Waals surface area (Å²) in [6.45, 7) is 4.52. The molecule has 3 fully saturated rings. The highest BCUT2D eigenvalue weighted by Gasteiger charge is 2.42. The quantitative estimate of drug-likeness (QED) is 0.500. The summed E-state index contributed by atoms with van der Waals surface area (Å²) in [5.74, 6) is 4.09. The molecule has 128 valence electrons. The molecule has 0 amide bonds. The van der Waals surface area contributed by atoms with Crippen LogP contribution in [0.1, 0.15) is 78.1 Å². The third-order valence-corrected chi connectivity index (χ3v) is 8.03. The Bertz CT molecular complexity index is 342. The van der Waals surface area contributed by atoms with E-state index in [2.05, 4.69) is 13.8 Å². The van der Waals surface area contributed by atoms with Gasteiger partial charge in [-0.15, -0.1) is 11.6 Å². The van der Waals surface area contributed by atoms with Gasteiger partial charge in [-0.25, -0.2) is 4.39 Å². The van der Waals surface area contributed by atoms with Gasteiger partial charge in [0.2, 0.25) is 0 Å². The first kappa shape index (κ1) is 17.1. The van der Waals surface area contributed by atoms with Gasteiger partial charge in [0.1, 0.15) is 6.17 Å². The molecule has 4 atom stereocenters. The van der Waals surface area contributed by atoms with Crippen molar-refractivity contribution in [2.45, 2.75) is 89.6 Å². The van der Waals surface area contributed by atoms with Crippen LogP contribution in [0.2, 0.25) is 0 Å². The zero-order valence-electron chi connectivity index (χ0n) is 14.4. The zero-order chi connectivity index (χ0) is 15.7. The Kier molecular flexibility index (Phi) is 5.74. The van der Waals surface area contributed by atoms with Crippen molar-refractivity contribution in [2.75, 3.05) is 0 Å². The first-order valence-corrected chi connectivity index (χ1v) is 10.3. The molecule has 0 N–H and O–H groups in total. The maximum absolute atomic E-state index is 14.6. The number of alkyl halides is 2. The van der Waals surface area contributed by atoms with Crippen LogP contribution in [0.15, 0.2) is 0 Å². The Balaban J connectivity index is 1.49. The van der Waals surface area contributed by atoms with Crippen molar-refractivity contribution in [1.82, 2.24) is 0 Å². The van der Waals surface area contributed by atoms with Crippen molar-refractivity contribution in [3.05, 3.63) is 0 Å². The molecule has 0 aromatic heterocycles. The van der Waals surface area contributed by atoms with Gasteiger partial charge in [-0.05, 0) is 86.9 Å². The number of hydrogen-bond donors (Lipinski definition) is 0. The van der Waals surface area contributed by atoms with Crippen molar-refractivity contribution in [2.24, 2.45) is 35.5 Å². The fraction of sp³-hybridized carbons (Fsp3) is 1.00. The van der Waals surface area contributed by atoms with Crippen molar-refractivity contribution in [3.8, 4) is 0 Å². The Morgan fingerprint density at radius 1 is 0.682 bits per heavy atom. The fourth-order valence-electron chi connectivity index (χ4n) is 5.62. The second-order valence-electron chi connectivity index (χ2n) is 8.80. The molecule has 0 spiro atoms. The molecule has 0 aliphatic heterocycles. The lowest BCUT2D eigenvalue weighted by Gasteiger charge is -2.43. The summed E-state index contributed by atoms with van der Waals surface area (Å²) < 4.78 is 14.6. The molecular weight excluding hydrogens is 295 g/mol. The molecule has 3 saturated carbocycles. The van der Waals surface area contributed by atoms with Gasteiger partial charge in [0.05, 0.1) is 5.38 Å². The van der Waals surface area contributed by atoms with E-state index in [9.17, 15) is 4.39 Å². The average molecular weight is 329 g/mol. The van der Waals surface area contributed by atoms with E-state index in [-0.39, 0.29) is 11.3 Å². The standard InChI is InChI=1S/C20H34ClF/c1-13-3-6-15(7-4-13)16-8-10-17(11-9-16)18-12-5-14(2)19(21)20(18)22/h13-20H,3-12H2,1-2H3. The van der Waals surface area contributed by atoms with E-state index in [0.717, 1.165) is 30.6 Å². The SMILES string of the molecule is CC1CCC(C2CCC(C3CCC(C)C(Cl)C3F)CC2)CC1. The first-order chi connectivity index (χ1) is 10.6. The van der Waals surface area contributed by atoms with E-state index in [1.807, 2.05) is 0 Å². The van der Waals surface area contributed by atoms with E-state index in [0.29, 0.717) is 11.8 Å². The van der Waals surface area contributed by atoms with E-state index < -0.39 is 6.17 Å². The summed E-state index contributed by atoms with van der Waals surface area (Å²) in [6, 6.07) is 0. The fourth-order valence-corrected chi connectivity index (χ4v) is 5.93. The highest BCUT2D eigenvalue weighted by molar-refractivity contribution is 6.21. The molecule has 4 unspecified atom stereocenters. The molecule has 0 nitrogen and oxygen atoms in total. The summed E-state index contributed by atoms with van der Waals surface area (Å²) in [5, 5.41) is -0.240. The molecule has 0 heterocycles. The molecule has 2 heteroatoms. The summed E-state index contributed by atoms with van der Waals surface area (Å²) >= 11 is 6.32. The van der Waals surface area contributed by atoms with Crippen LogP contribution < -0.4 is 0 Å². The summed E-state index contributed by atoms with van der Waals surface area (Å²) in [5.41, 5.74) is 0. The van der Waals surface area contributed by atoms with Crippen LogP contribution in [0.5, 0.6) is 0 Å². The van der Waals surface area contributed by atoms with Crippen molar-refractivity contribution >= 4 is 11.6 Å². The van der Waals surface area contributed by atoms with E-state index >= 15 is 0 Å². The molecule has 0 aromatic rings. The van der Waals surface area contributed by atoms with E-state index in [1.54, 1.807) is 0 Å². The van der Waals surface area contributed by atoms with Gasteiger partial charge in [-0.2, -0.15) is 0 Å². The van der Waals surface area contributed by atoms with Crippen LogP contribution in [0.4, 0.5) is 4.39 Å². The average Bonchev–Trinajstić information content (AvgIpc) is 2.54. The highest BCUT2D eigenvalue weighted by atomic mass is 35.5. The van der Waals surface area contributed by atoms with Crippen molar-refractivity contribution in [1.29, 1.82) is 0 Å². The lowest BCUT2D eigenvalue weighted by atomic mass is 9.65. The van der Waals surface area contributed by atoms with Gasteiger partial charge < -0.3 is 0 Å². The van der Waals surface area contributed by atoms with Gasteiger partial charge in [-0.3, -0.25) is 0 Å². The molecule has 0 aromatic carbocycles. The monoisotopic (exact) mass is 328 g/mol. The van der Waals surface area contributed by atoms with Gasteiger partial charge >= 0.3 is 0 Å². The Morgan fingerprint density at radius 3 is 1.77 bits per heavy atom. The molecule has 3 aliphatic carbocycles. The number of rotatable bonds is 2. The topological polar surface area (TPSA) is 0 Å². The van der Waals surface area contributed by atoms with Crippen molar-refractivity contribution < 1.29 is 4.39 Å². The lowest BCUT2D eigenvalue weighted by Crippen LogP contribution is -2.41. The Labute approximate surface area is 141 Å². The smallest absolute Gasteiger partial charge is 0.120 e. The van der Waals surface area contributed by atoms with Gasteiger partial charge in [-0.1, -0.05) is 26.7 Å². The predicted molar refractivity (Wildman–Crippen MR) is 93.0 cm³/mol. The predicted octanol–water partition coefficient (Wildman–Crippen LogP) is 6.61. The molecule has 0 saturated heterocycles. The normalized spacial score (nSPS) is 50.7. The molecule has 3 rings (SSSR count). The van der Waals surface area contributed by atoms with Crippen molar-refractivity contribution in [3.63, 3.8) is 0 Å². The summed E-state index contributed by atoms with van der Waals surface area (Å²) in [6.07, 6.45) is 12.4. The van der Waals surface area contributed by atoms with E-state index in [1.165, 1.54) is 51.4 Å². The van der Waals surface area contributed by atoms with Crippen LogP contribution in [0.3, 0.4) is 0 Å².